The monoisotopic (exact) mass is 269 g/mol. The highest BCUT2D eigenvalue weighted by Gasteiger charge is 2.37. The standard InChI is InChI=1S/C10H11N3O4S/c11-10(13-16-18(14,15)17-13)12-8-4-7-9-5-2-1-3-6-9/h1-7H,8H2,(H2,11,12)/b7-4+. The van der Waals surface area contributed by atoms with Gasteiger partial charge in [-0.05, 0) is 5.56 Å². The summed E-state index contributed by atoms with van der Waals surface area (Å²) in [5.41, 5.74) is 6.44. The van der Waals surface area contributed by atoms with E-state index >= 15 is 0 Å². The van der Waals surface area contributed by atoms with Crippen LogP contribution in [0.3, 0.4) is 0 Å². The van der Waals surface area contributed by atoms with E-state index in [0.717, 1.165) is 5.56 Å². The summed E-state index contributed by atoms with van der Waals surface area (Å²) in [7, 11) is -3.90. The fourth-order valence-corrected chi connectivity index (χ4v) is 1.70. The van der Waals surface area contributed by atoms with Crippen LogP contribution >= 0.6 is 0 Å². The highest BCUT2D eigenvalue weighted by molar-refractivity contribution is 7.82. The number of hydrogen-bond acceptors (Lipinski definition) is 5. The third kappa shape index (κ3) is 3.29. The summed E-state index contributed by atoms with van der Waals surface area (Å²) in [6.45, 7) is 0.282. The van der Waals surface area contributed by atoms with Gasteiger partial charge in [0.2, 0.25) is 5.96 Å². The maximum Gasteiger partial charge on any atom is 0.446 e. The predicted molar refractivity (Wildman–Crippen MR) is 64.9 cm³/mol. The molecule has 2 N–H and O–H groups in total. The Kier molecular flexibility index (Phi) is 3.60. The predicted octanol–water partition coefficient (Wildman–Crippen LogP) is 0.438. The topological polar surface area (TPSA) is 94.2 Å². The van der Waals surface area contributed by atoms with Crippen molar-refractivity contribution in [3.8, 4) is 0 Å². The van der Waals surface area contributed by atoms with E-state index in [9.17, 15) is 8.42 Å². The molecule has 0 saturated carbocycles. The van der Waals surface area contributed by atoms with Crippen LogP contribution in [0.2, 0.25) is 0 Å². The van der Waals surface area contributed by atoms with E-state index in [-0.39, 0.29) is 12.5 Å². The van der Waals surface area contributed by atoms with Crippen molar-refractivity contribution in [2.75, 3.05) is 6.54 Å². The molecule has 0 bridgehead atoms. The van der Waals surface area contributed by atoms with Gasteiger partial charge < -0.3 is 5.73 Å². The smallest absolute Gasteiger partial charge is 0.366 e. The quantitative estimate of drug-likeness (QED) is 0.632. The molecule has 1 aromatic carbocycles. The normalized spacial score (nSPS) is 18.9. The van der Waals surface area contributed by atoms with Gasteiger partial charge >= 0.3 is 10.4 Å². The fraction of sp³-hybridized carbons (Fsp3) is 0.100. The highest BCUT2D eigenvalue weighted by atomic mass is 32.3. The first-order valence-corrected chi connectivity index (χ1v) is 6.36. The number of rotatable bonds is 3. The first kappa shape index (κ1) is 12.6. The first-order chi connectivity index (χ1) is 8.57. The Balaban J connectivity index is 1.83. The van der Waals surface area contributed by atoms with Gasteiger partial charge in [-0.3, -0.25) is 0 Å². The summed E-state index contributed by atoms with van der Waals surface area (Å²) in [5, 5.41) is 0.533. The molecule has 1 aliphatic rings. The third-order valence-electron chi connectivity index (χ3n) is 1.97. The number of aliphatic imine (C=N–C) groups is 1. The van der Waals surface area contributed by atoms with Crippen LogP contribution in [0.15, 0.2) is 41.4 Å². The average molecular weight is 269 g/mol. The molecule has 1 heterocycles. The van der Waals surface area contributed by atoms with E-state index in [1.807, 2.05) is 36.4 Å². The number of nitrogens with two attached hydrogens (primary N) is 1. The van der Waals surface area contributed by atoms with E-state index in [0.29, 0.717) is 5.23 Å². The molecule has 0 aromatic heterocycles. The second-order valence-corrected chi connectivity index (χ2v) is 4.44. The van der Waals surface area contributed by atoms with Crippen LogP contribution in [0.5, 0.6) is 0 Å². The highest BCUT2D eigenvalue weighted by Crippen LogP contribution is 2.15. The molecular formula is C10H11N3O4S. The number of hydroxylamine groups is 2. The lowest BCUT2D eigenvalue weighted by atomic mass is 10.2. The van der Waals surface area contributed by atoms with Crippen LogP contribution in [0.1, 0.15) is 5.56 Å². The molecule has 1 fully saturated rings. The molecule has 96 valence electrons. The Morgan fingerprint density at radius 3 is 2.61 bits per heavy atom. The van der Waals surface area contributed by atoms with E-state index < -0.39 is 10.4 Å². The van der Waals surface area contributed by atoms with Crippen molar-refractivity contribution in [1.82, 2.24) is 5.23 Å². The van der Waals surface area contributed by atoms with Crippen LogP contribution in [0.25, 0.3) is 6.08 Å². The van der Waals surface area contributed by atoms with Crippen LogP contribution in [0.4, 0.5) is 0 Å². The maximum absolute atomic E-state index is 10.5. The molecule has 8 heteroatoms. The summed E-state index contributed by atoms with van der Waals surface area (Å²) < 4.78 is 29.4. The summed E-state index contributed by atoms with van der Waals surface area (Å²) in [6.07, 6.45) is 3.64. The SMILES string of the molecule is NC(=NC/C=C/c1ccccc1)N1OS(=O)(=O)O1. The molecule has 0 unspecified atom stereocenters. The molecule has 0 amide bonds. The first-order valence-electron chi connectivity index (χ1n) is 5.02. The zero-order valence-electron chi connectivity index (χ0n) is 9.26. The number of hydrogen-bond donors (Lipinski definition) is 1. The minimum Gasteiger partial charge on any atom is -0.366 e. The Hall–Kier alpha value is -1.90. The number of nitrogens with zero attached hydrogens (tertiary/aromatic N) is 2. The molecule has 0 spiro atoms. The Morgan fingerprint density at radius 1 is 1.33 bits per heavy atom. The molecule has 0 atom stereocenters. The van der Waals surface area contributed by atoms with Crippen molar-refractivity contribution in [2.24, 2.45) is 10.7 Å². The third-order valence-corrected chi connectivity index (χ3v) is 2.61. The van der Waals surface area contributed by atoms with Crippen LogP contribution < -0.4 is 5.73 Å². The van der Waals surface area contributed by atoms with E-state index in [4.69, 9.17) is 5.73 Å². The summed E-state index contributed by atoms with van der Waals surface area (Å²) in [5.74, 6) is -0.164. The summed E-state index contributed by atoms with van der Waals surface area (Å²) >= 11 is 0. The fourth-order valence-electron chi connectivity index (χ4n) is 1.20. The minimum atomic E-state index is -3.90. The van der Waals surface area contributed by atoms with Gasteiger partial charge in [0, 0.05) is 0 Å². The van der Waals surface area contributed by atoms with Gasteiger partial charge in [-0.25, -0.2) is 4.99 Å². The molecule has 0 aliphatic carbocycles. The van der Waals surface area contributed by atoms with E-state index in [1.165, 1.54) is 0 Å². The van der Waals surface area contributed by atoms with Crippen molar-refractivity contribution < 1.29 is 17.0 Å². The van der Waals surface area contributed by atoms with E-state index in [2.05, 4.69) is 13.6 Å². The second kappa shape index (κ2) is 5.17. The van der Waals surface area contributed by atoms with Crippen LogP contribution in [-0.2, 0) is 19.0 Å². The zero-order valence-corrected chi connectivity index (χ0v) is 10.1. The summed E-state index contributed by atoms with van der Waals surface area (Å²) in [4.78, 5) is 3.85. The van der Waals surface area contributed by atoms with Crippen molar-refractivity contribution in [3.05, 3.63) is 42.0 Å². The Labute approximate surface area is 104 Å². The van der Waals surface area contributed by atoms with Crippen molar-refractivity contribution in [1.29, 1.82) is 0 Å². The van der Waals surface area contributed by atoms with Gasteiger partial charge in [0.1, 0.15) is 0 Å². The van der Waals surface area contributed by atoms with Crippen LogP contribution in [0, 0.1) is 0 Å². The van der Waals surface area contributed by atoms with Gasteiger partial charge in [0.25, 0.3) is 0 Å². The molecule has 0 radical (unpaired) electrons. The molecule has 1 aromatic rings. The number of benzene rings is 1. The molecule has 18 heavy (non-hydrogen) atoms. The van der Waals surface area contributed by atoms with Gasteiger partial charge in [-0.2, -0.15) is 8.42 Å². The molecular weight excluding hydrogens is 258 g/mol. The lowest BCUT2D eigenvalue weighted by molar-refractivity contribution is -0.269. The van der Waals surface area contributed by atoms with Crippen LogP contribution in [-0.4, -0.2) is 26.1 Å². The second-order valence-electron chi connectivity index (χ2n) is 3.33. The summed E-state index contributed by atoms with van der Waals surface area (Å²) in [6, 6.07) is 9.65. The van der Waals surface area contributed by atoms with Gasteiger partial charge in [0.15, 0.2) is 0 Å². The Bertz CT molecular complexity index is 556. The van der Waals surface area contributed by atoms with Crippen molar-refractivity contribution >= 4 is 22.4 Å². The van der Waals surface area contributed by atoms with Crippen molar-refractivity contribution in [3.63, 3.8) is 0 Å². The Morgan fingerprint density at radius 2 is 2.00 bits per heavy atom. The lowest BCUT2D eigenvalue weighted by Crippen LogP contribution is -2.49. The maximum atomic E-state index is 10.5. The number of guanidine groups is 1. The minimum absolute atomic E-state index is 0.164. The van der Waals surface area contributed by atoms with Gasteiger partial charge in [-0.15, -0.1) is 0 Å². The van der Waals surface area contributed by atoms with Gasteiger partial charge in [0.05, 0.1) is 6.54 Å². The van der Waals surface area contributed by atoms with Crippen molar-refractivity contribution in [2.45, 2.75) is 0 Å². The molecule has 1 saturated heterocycles. The zero-order chi connectivity index (χ0) is 13.0. The lowest BCUT2D eigenvalue weighted by Gasteiger charge is -2.25. The van der Waals surface area contributed by atoms with Gasteiger partial charge in [-0.1, -0.05) is 56.3 Å². The molecule has 1 aliphatic heterocycles. The largest absolute Gasteiger partial charge is 0.446 e. The molecule has 7 nitrogen and oxygen atoms in total. The average Bonchev–Trinajstić information content (AvgIpc) is 2.32. The molecule has 2 rings (SSSR count). The van der Waals surface area contributed by atoms with E-state index in [1.54, 1.807) is 6.08 Å².